The van der Waals surface area contributed by atoms with Crippen LogP contribution in [0.25, 0.3) is 0 Å². The van der Waals surface area contributed by atoms with Gasteiger partial charge in [-0.3, -0.25) is 4.79 Å². The van der Waals surface area contributed by atoms with Crippen molar-refractivity contribution in [3.8, 4) is 11.5 Å². The van der Waals surface area contributed by atoms with Gasteiger partial charge < -0.3 is 29.5 Å². The highest BCUT2D eigenvalue weighted by molar-refractivity contribution is 6.08. The summed E-state index contributed by atoms with van der Waals surface area (Å²) in [6.45, 7) is -0.678. The number of nitrogens with zero attached hydrogens (tertiary/aromatic N) is 1. The number of aliphatic hydroxyl groups is 1. The summed E-state index contributed by atoms with van der Waals surface area (Å²) in [4.78, 5) is 25.5. The first-order valence-corrected chi connectivity index (χ1v) is 7.86. The minimum Gasteiger partial charge on any atom is -0.466 e. The number of ether oxygens (including phenoxy) is 3. The van der Waals surface area contributed by atoms with Crippen molar-refractivity contribution in [3.63, 3.8) is 0 Å². The van der Waals surface area contributed by atoms with Crippen molar-refractivity contribution in [1.29, 1.82) is 0 Å². The smallest absolute Gasteiger partial charge is 0.466 e. The van der Waals surface area contributed by atoms with Crippen molar-refractivity contribution in [2.24, 2.45) is 0 Å². The molecular weight excluding hydrogens is 392 g/mol. The molecule has 1 aromatic carbocycles. The number of nitrogens with one attached hydrogen (secondary N) is 1. The Kier molecular flexibility index (Phi) is 4.83. The molecule has 12 heteroatoms. The fourth-order valence-electron chi connectivity index (χ4n) is 2.67. The summed E-state index contributed by atoms with van der Waals surface area (Å²) in [5.41, 5.74) is -0.756. The van der Waals surface area contributed by atoms with E-state index < -0.39 is 35.6 Å². The van der Waals surface area contributed by atoms with Gasteiger partial charge in [0.1, 0.15) is 5.70 Å². The molecule has 0 unspecified atom stereocenters. The van der Waals surface area contributed by atoms with Gasteiger partial charge in [-0.05, 0) is 12.1 Å². The van der Waals surface area contributed by atoms with Crippen LogP contribution in [0.5, 0.6) is 11.5 Å². The van der Waals surface area contributed by atoms with Crippen molar-refractivity contribution in [3.05, 3.63) is 29.5 Å². The summed E-state index contributed by atoms with van der Waals surface area (Å²) in [6, 6.07) is 3.35. The molecule has 2 aliphatic heterocycles. The van der Waals surface area contributed by atoms with Crippen LogP contribution in [0.15, 0.2) is 29.5 Å². The largest absolute Gasteiger partial charge is 0.507 e. The zero-order valence-electron chi connectivity index (χ0n) is 14.3. The number of anilines is 1. The average Bonchev–Trinajstić information content (AvgIpc) is 2.92. The molecule has 0 aromatic heterocycles. The number of carbonyl (C=O) groups excluding carboxylic acids is 2. The number of fused-ring (bicyclic) bond motifs is 1. The Morgan fingerprint density at radius 1 is 1.29 bits per heavy atom. The number of hydrogen-bond donors (Lipinski definition) is 2. The number of halogens is 4. The van der Waals surface area contributed by atoms with Crippen LogP contribution in [-0.4, -0.2) is 60.9 Å². The van der Waals surface area contributed by atoms with Crippen LogP contribution in [0.2, 0.25) is 0 Å². The zero-order chi connectivity index (χ0) is 20.7. The van der Waals surface area contributed by atoms with Crippen molar-refractivity contribution in [2.75, 3.05) is 32.1 Å². The van der Waals surface area contributed by atoms with E-state index in [1.54, 1.807) is 0 Å². The SMILES string of the molecule is COC(=O)C1=C(Nc2cccc3c2OC(F)(F)C(F)(F)O3)C(=O)N(CCO)C1. The van der Waals surface area contributed by atoms with Crippen LogP contribution >= 0.6 is 0 Å². The number of para-hydroxylation sites is 1. The Hall–Kier alpha value is -3.02. The topological polar surface area (TPSA) is 97.3 Å². The highest BCUT2D eigenvalue weighted by atomic mass is 19.3. The zero-order valence-corrected chi connectivity index (χ0v) is 14.3. The Morgan fingerprint density at radius 3 is 2.61 bits per heavy atom. The number of β-amino-alcohol motifs (C(OH)–C–C–N with tert-alkyl or cyclic N) is 1. The third-order valence-electron chi connectivity index (χ3n) is 4.00. The van der Waals surface area contributed by atoms with Crippen LogP contribution in [-0.2, 0) is 14.3 Å². The van der Waals surface area contributed by atoms with Crippen LogP contribution in [0.3, 0.4) is 0 Å². The molecule has 0 aliphatic carbocycles. The third kappa shape index (κ3) is 3.19. The highest BCUT2D eigenvalue weighted by Crippen LogP contribution is 2.50. The van der Waals surface area contributed by atoms with Crippen LogP contribution in [0.4, 0.5) is 23.2 Å². The van der Waals surface area contributed by atoms with Gasteiger partial charge in [0.05, 0.1) is 31.5 Å². The lowest BCUT2D eigenvalue weighted by Crippen LogP contribution is -2.52. The molecule has 0 radical (unpaired) electrons. The first kappa shape index (κ1) is 19.7. The first-order valence-electron chi connectivity index (χ1n) is 7.86. The number of hydrogen-bond acceptors (Lipinski definition) is 7. The molecule has 1 aromatic rings. The number of rotatable bonds is 5. The van der Waals surface area contributed by atoms with E-state index in [4.69, 9.17) is 5.11 Å². The lowest BCUT2D eigenvalue weighted by molar-refractivity contribution is -0.391. The number of methoxy groups -OCH3 is 1. The molecule has 1 amide bonds. The van der Waals surface area contributed by atoms with E-state index in [0.29, 0.717) is 0 Å². The van der Waals surface area contributed by atoms with Crippen molar-refractivity contribution in [1.82, 2.24) is 4.90 Å². The standard InChI is InChI=1S/C16H14F4N2O6/c1-26-14(25)8-7-22(5-6-23)13(24)11(8)21-9-3-2-4-10-12(9)28-16(19,20)15(17,18)27-10/h2-4,21,23H,5-7H2,1H3. The van der Waals surface area contributed by atoms with Gasteiger partial charge >= 0.3 is 18.2 Å². The molecule has 0 spiro atoms. The van der Waals surface area contributed by atoms with Crippen molar-refractivity contribution >= 4 is 17.6 Å². The maximum Gasteiger partial charge on any atom is 0.507 e. The quantitative estimate of drug-likeness (QED) is 0.562. The normalized spacial score (nSPS) is 19.6. The van der Waals surface area contributed by atoms with E-state index in [1.165, 1.54) is 12.1 Å². The van der Waals surface area contributed by atoms with E-state index in [2.05, 4.69) is 19.5 Å². The second kappa shape index (κ2) is 6.86. The molecule has 0 saturated heterocycles. The lowest BCUT2D eigenvalue weighted by atomic mass is 10.2. The molecule has 0 bridgehead atoms. The van der Waals surface area contributed by atoms with Gasteiger partial charge in [0.25, 0.3) is 5.91 Å². The van der Waals surface area contributed by atoms with Crippen molar-refractivity contribution in [2.45, 2.75) is 12.2 Å². The molecule has 2 heterocycles. The molecule has 0 atom stereocenters. The summed E-state index contributed by atoms with van der Waals surface area (Å²) < 4.78 is 66.5. The Labute approximate surface area is 155 Å². The van der Waals surface area contributed by atoms with Crippen LogP contribution < -0.4 is 14.8 Å². The second-order valence-corrected chi connectivity index (χ2v) is 5.79. The van der Waals surface area contributed by atoms with Gasteiger partial charge in [-0.2, -0.15) is 17.6 Å². The van der Waals surface area contributed by atoms with Gasteiger partial charge in [0, 0.05) is 6.54 Å². The average molecular weight is 406 g/mol. The Morgan fingerprint density at radius 2 is 1.96 bits per heavy atom. The maximum absolute atomic E-state index is 13.5. The number of aliphatic hydroxyl groups excluding tert-OH is 1. The predicted molar refractivity (Wildman–Crippen MR) is 83.9 cm³/mol. The lowest BCUT2D eigenvalue weighted by Gasteiger charge is -2.32. The van der Waals surface area contributed by atoms with Gasteiger partial charge in [-0.15, -0.1) is 0 Å². The molecule has 2 aliphatic rings. The summed E-state index contributed by atoms with van der Waals surface area (Å²) in [5, 5.41) is 11.5. The molecule has 152 valence electrons. The van der Waals surface area contributed by atoms with Gasteiger partial charge in [-0.25, -0.2) is 4.79 Å². The van der Waals surface area contributed by atoms with Crippen molar-refractivity contribution < 1.29 is 46.5 Å². The van der Waals surface area contributed by atoms with Gasteiger partial charge in [-0.1, -0.05) is 6.07 Å². The van der Waals surface area contributed by atoms with Gasteiger partial charge in [0.15, 0.2) is 11.5 Å². The van der Waals surface area contributed by atoms with Crippen LogP contribution in [0.1, 0.15) is 0 Å². The number of alkyl halides is 4. The molecule has 8 nitrogen and oxygen atoms in total. The van der Waals surface area contributed by atoms with E-state index in [-0.39, 0.29) is 36.7 Å². The maximum atomic E-state index is 13.5. The first-order chi connectivity index (χ1) is 13.1. The summed E-state index contributed by atoms with van der Waals surface area (Å²) in [5.74, 6) is -3.03. The minimum atomic E-state index is -4.96. The third-order valence-corrected chi connectivity index (χ3v) is 4.00. The fraction of sp³-hybridized carbons (Fsp3) is 0.375. The summed E-state index contributed by atoms with van der Waals surface area (Å²) >= 11 is 0. The number of amides is 1. The van der Waals surface area contributed by atoms with Gasteiger partial charge in [0.2, 0.25) is 0 Å². The molecule has 0 saturated carbocycles. The number of carbonyl (C=O) groups is 2. The Balaban J connectivity index is 2.00. The monoisotopic (exact) mass is 406 g/mol. The van der Waals surface area contributed by atoms with E-state index in [1.807, 2.05) is 0 Å². The molecule has 0 fully saturated rings. The molecule has 2 N–H and O–H groups in total. The summed E-state index contributed by atoms with van der Waals surface area (Å²) in [7, 11) is 1.08. The number of benzene rings is 1. The fourth-order valence-corrected chi connectivity index (χ4v) is 2.67. The van der Waals surface area contributed by atoms with Crippen LogP contribution in [0, 0.1) is 0 Å². The second-order valence-electron chi connectivity index (χ2n) is 5.79. The van der Waals surface area contributed by atoms with E-state index >= 15 is 0 Å². The minimum absolute atomic E-state index is 0.0959. The highest BCUT2D eigenvalue weighted by Gasteiger charge is 2.66. The number of esters is 1. The molecular formula is C16H14F4N2O6. The predicted octanol–water partition coefficient (Wildman–Crippen LogP) is 1.32. The van der Waals surface area contributed by atoms with E-state index in [9.17, 15) is 27.2 Å². The van der Waals surface area contributed by atoms with E-state index in [0.717, 1.165) is 18.1 Å². The molecule has 28 heavy (non-hydrogen) atoms. The summed E-state index contributed by atoms with van der Waals surface area (Å²) in [6.07, 6.45) is -9.85. The Bertz CT molecular complexity index is 858. The molecule has 3 rings (SSSR count).